The number of carbonyl (C=O) groups excluding carboxylic acids is 1. The average molecular weight is 312 g/mol. The van der Waals surface area contributed by atoms with Crippen LogP contribution in [0.1, 0.15) is 25.0 Å². The summed E-state index contributed by atoms with van der Waals surface area (Å²) in [5.41, 5.74) is 3.18. The van der Waals surface area contributed by atoms with Gasteiger partial charge in [0.05, 0.1) is 0 Å². The van der Waals surface area contributed by atoms with Crippen LogP contribution < -0.4 is 15.4 Å². The summed E-state index contributed by atoms with van der Waals surface area (Å²) in [6.07, 6.45) is 0.990. The van der Waals surface area contributed by atoms with E-state index in [1.807, 2.05) is 48.5 Å². The van der Waals surface area contributed by atoms with Crippen molar-refractivity contribution in [1.82, 2.24) is 5.32 Å². The maximum absolute atomic E-state index is 12.0. The number of amides is 1. The molecule has 0 aromatic heterocycles. The summed E-state index contributed by atoms with van der Waals surface area (Å²) in [6, 6.07) is 15.6. The zero-order valence-electron chi connectivity index (χ0n) is 13.8. The van der Waals surface area contributed by atoms with Crippen LogP contribution >= 0.6 is 0 Å². The number of nitrogens with one attached hydrogen (secondary N) is 2. The number of rotatable bonds is 8. The molecule has 0 unspecified atom stereocenters. The molecular weight excluding hydrogens is 288 g/mol. The second-order valence-electron chi connectivity index (χ2n) is 5.32. The van der Waals surface area contributed by atoms with Crippen molar-refractivity contribution >= 4 is 11.6 Å². The van der Waals surface area contributed by atoms with E-state index in [0.29, 0.717) is 5.75 Å². The van der Waals surface area contributed by atoms with E-state index in [2.05, 4.69) is 24.5 Å². The highest BCUT2D eigenvalue weighted by molar-refractivity contribution is 5.91. The van der Waals surface area contributed by atoms with Gasteiger partial charge in [-0.25, -0.2) is 0 Å². The van der Waals surface area contributed by atoms with Crippen molar-refractivity contribution in [3.63, 3.8) is 0 Å². The zero-order chi connectivity index (χ0) is 16.5. The van der Waals surface area contributed by atoms with Gasteiger partial charge in [-0.3, -0.25) is 4.79 Å². The number of hydrogen-bond donors (Lipinski definition) is 2. The van der Waals surface area contributed by atoms with Crippen LogP contribution in [0, 0.1) is 0 Å². The van der Waals surface area contributed by atoms with Gasteiger partial charge in [0.1, 0.15) is 5.75 Å². The Bertz CT molecular complexity index is 624. The molecule has 0 radical (unpaired) electrons. The summed E-state index contributed by atoms with van der Waals surface area (Å²) in [5, 5.41) is 6.12. The van der Waals surface area contributed by atoms with Crippen LogP contribution in [0.2, 0.25) is 0 Å². The molecule has 0 heterocycles. The Balaban J connectivity index is 1.84. The van der Waals surface area contributed by atoms with E-state index in [0.717, 1.165) is 30.8 Å². The number of anilines is 1. The number of aryl methyl sites for hydroxylation is 1. The van der Waals surface area contributed by atoms with Gasteiger partial charge in [-0.1, -0.05) is 38.1 Å². The molecule has 4 heteroatoms. The fraction of sp³-hybridized carbons (Fsp3) is 0.316. The lowest BCUT2D eigenvalue weighted by Gasteiger charge is -2.09. The standard InChI is InChI=1S/C19H24N2O2/c1-3-15-8-10-18(11-9-15)23-14-19(22)21-17-7-5-6-16(12-17)13-20-4-2/h5-12,20H,3-4,13-14H2,1-2H3,(H,21,22). The van der Waals surface area contributed by atoms with Crippen molar-refractivity contribution in [3.8, 4) is 5.75 Å². The molecular formula is C19H24N2O2. The van der Waals surface area contributed by atoms with Crippen molar-refractivity contribution in [2.45, 2.75) is 26.8 Å². The highest BCUT2D eigenvalue weighted by Gasteiger charge is 2.04. The number of carbonyl (C=O) groups is 1. The summed E-state index contributed by atoms with van der Waals surface area (Å²) >= 11 is 0. The smallest absolute Gasteiger partial charge is 0.262 e. The minimum absolute atomic E-state index is 0.00289. The van der Waals surface area contributed by atoms with Gasteiger partial charge in [-0.2, -0.15) is 0 Å². The normalized spacial score (nSPS) is 10.3. The molecule has 0 aliphatic carbocycles. The van der Waals surface area contributed by atoms with E-state index in [1.54, 1.807) is 0 Å². The molecule has 0 bridgehead atoms. The molecule has 0 aliphatic rings. The molecule has 2 N–H and O–H groups in total. The summed E-state index contributed by atoms with van der Waals surface area (Å²) in [4.78, 5) is 12.0. The monoisotopic (exact) mass is 312 g/mol. The van der Waals surface area contributed by atoms with Crippen LogP contribution in [-0.4, -0.2) is 19.1 Å². The SMILES string of the molecule is CCNCc1cccc(NC(=O)COc2ccc(CC)cc2)c1. The molecule has 1 amide bonds. The molecule has 0 aliphatic heterocycles. The first-order valence-corrected chi connectivity index (χ1v) is 8.02. The molecule has 2 aromatic rings. The second kappa shape index (κ2) is 8.96. The van der Waals surface area contributed by atoms with Gasteiger partial charge in [0, 0.05) is 12.2 Å². The predicted octanol–water partition coefficient (Wildman–Crippen LogP) is 3.38. The van der Waals surface area contributed by atoms with Crippen LogP contribution in [0.15, 0.2) is 48.5 Å². The number of ether oxygens (including phenoxy) is 1. The lowest BCUT2D eigenvalue weighted by molar-refractivity contribution is -0.118. The second-order valence-corrected chi connectivity index (χ2v) is 5.32. The van der Waals surface area contributed by atoms with Crippen LogP contribution in [-0.2, 0) is 17.8 Å². The molecule has 0 saturated heterocycles. The molecule has 122 valence electrons. The van der Waals surface area contributed by atoms with Crippen LogP contribution in [0.25, 0.3) is 0 Å². The zero-order valence-corrected chi connectivity index (χ0v) is 13.8. The maximum Gasteiger partial charge on any atom is 0.262 e. The first kappa shape index (κ1) is 17.0. The summed E-state index contributed by atoms with van der Waals surface area (Å²) in [6.45, 7) is 5.88. The predicted molar refractivity (Wildman–Crippen MR) is 93.8 cm³/mol. The van der Waals surface area contributed by atoms with E-state index in [1.165, 1.54) is 5.56 Å². The van der Waals surface area contributed by atoms with Gasteiger partial charge in [0.15, 0.2) is 6.61 Å². The van der Waals surface area contributed by atoms with Gasteiger partial charge in [0.25, 0.3) is 5.91 Å². The summed E-state index contributed by atoms with van der Waals surface area (Å²) in [5.74, 6) is 0.545. The molecule has 4 nitrogen and oxygen atoms in total. The van der Waals surface area contributed by atoms with E-state index < -0.39 is 0 Å². The quantitative estimate of drug-likeness (QED) is 0.785. The minimum atomic E-state index is -0.162. The Morgan fingerprint density at radius 2 is 1.83 bits per heavy atom. The van der Waals surface area contributed by atoms with E-state index in [9.17, 15) is 4.79 Å². The van der Waals surface area contributed by atoms with Gasteiger partial charge < -0.3 is 15.4 Å². The van der Waals surface area contributed by atoms with Gasteiger partial charge in [-0.15, -0.1) is 0 Å². The summed E-state index contributed by atoms with van der Waals surface area (Å²) in [7, 11) is 0. The minimum Gasteiger partial charge on any atom is -0.484 e. The third kappa shape index (κ3) is 5.75. The highest BCUT2D eigenvalue weighted by atomic mass is 16.5. The average Bonchev–Trinajstić information content (AvgIpc) is 2.59. The van der Waals surface area contributed by atoms with Crippen molar-refractivity contribution < 1.29 is 9.53 Å². The molecule has 0 spiro atoms. The Kier molecular flexibility index (Phi) is 6.63. The van der Waals surface area contributed by atoms with Gasteiger partial charge in [0.2, 0.25) is 0 Å². The molecule has 0 atom stereocenters. The Labute approximate surface area is 137 Å². The fourth-order valence-electron chi connectivity index (χ4n) is 2.20. The molecule has 2 aromatic carbocycles. The molecule has 23 heavy (non-hydrogen) atoms. The third-order valence-electron chi connectivity index (χ3n) is 3.49. The molecule has 0 saturated carbocycles. The Hall–Kier alpha value is -2.33. The van der Waals surface area contributed by atoms with Crippen molar-refractivity contribution in [3.05, 3.63) is 59.7 Å². The van der Waals surface area contributed by atoms with Gasteiger partial charge >= 0.3 is 0 Å². The van der Waals surface area contributed by atoms with Crippen molar-refractivity contribution in [2.75, 3.05) is 18.5 Å². The summed E-state index contributed by atoms with van der Waals surface area (Å²) < 4.78 is 5.51. The Morgan fingerprint density at radius 3 is 2.52 bits per heavy atom. The topological polar surface area (TPSA) is 50.4 Å². The number of hydrogen-bond acceptors (Lipinski definition) is 3. The van der Waals surface area contributed by atoms with Crippen LogP contribution in [0.4, 0.5) is 5.69 Å². The van der Waals surface area contributed by atoms with Crippen molar-refractivity contribution in [2.24, 2.45) is 0 Å². The maximum atomic E-state index is 12.0. The van der Waals surface area contributed by atoms with E-state index >= 15 is 0 Å². The molecule has 2 rings (SSSR count). The molecule has 0 fully saturated rings. The Morgan fingerprint density at radius 1 is 1.04 bits per heavy atom. The lowest BCUT2D eigenvalue weighted by Crippen LogP contribution is -2.20. The van der Waals surface area contributed by atoms with Crippen molar-refractivity contribution in [1.29, 1.82) is 0 Å². The van der Waals surface area contributed by atoms with E-state index in [4.69, 9.17) is 4.74 Å². The number of benzene rings is 2. The first-order valence-electron chi connectivity index (χ1n) is 8.02. The lowest BCUT2D eigenvalue weighted by atomic mass is 10.2. The van der Waals surface area contributed by atoms with Crippen LogP contribution in [0.3, 0.4) is 0 Å². The fourth-order valence-corrected chi connectivity index (χ4v) is 2.20. The largest absolute Gasteiger partial charge is 0.484 e. The first-order chi connectivity index (χ1) is 11.2. The third-order valence-corrected chi connectivity index (χ3v) is 3.49. The van der Waals surface area contributed by atoms with E-state index in [-0.39, 0.29) is 12.5 Å². The van der Waals surface area contributed by atoms with Gasteiger partial charge in [-0.05, 0) is 48.4 Å². The highest BCUT2D eigenvalue weighted by Crippen LogP contribution is 2.13. The van der Waals surface area contributed by atoms with Crippen LogP contribution in [0.5, 0.6) is 5.75 Å².